The Kier molecular flexibility index (Phi) is 4.42. The van der Waals surface area contributed by atoms with Crippen LogP contribution < -0.4 is 10.5 Å². The molecular formula is C20H18N4O2S. The average molecular weight is 378 g/mol. The van der Waals surface area contributed by atoms with Gasteiger partial charge < -0.3 is 14.9 Å². The summed E-state index contributed by atoms with van der Waals surface area (Å²) in [5, 5.41) is 16.9. The van der Waals surface area contributed by atoms with Crippen molar-refractivity contribution in [2.24, 2.45) is 5.73 Å². The zero-order valence-electron chi connectivity index (χ0n) is 14.9. The summed E-state index contributed by atoms with van der Waals surface area (Å²) in [4.78, 5) is 1.15. The number of aromatic amines is 1. The highest BCUT2D eigenvalue weighted by Gasteiger charge is 2.36. The zero-order valence-corrected chi connectivity index (χ0v) is 15.8. The summed E-state index contributed by atoms with van der Waals surface area (Å²) < 4.78 is 11.4. The molecule has 4 rings (SSSR count). The standard InChI is InChI=1S/C20H18N4O2S/c1-11-3-6-13(7-4-11)27-10-15-18-17(16-8-5-12(2)25-16)14(9-21)19(22)26-20(18)24-23-15/h3-8,17H,10,22H2,1-2H3,(H,23,24)/t17-/m0/s1. The molecule has 0 saturated heterocycles. The van der Waals surface area contributed by atoms with Crippen molar-refractivity contribution >= 4 is 11.8 Å². The third kappa shape index (κ3) is 3.20. The molecule has 0 saturated carbocycles. The Bertz CT molecular complexity index is 1060. The number of furan rings is 1. The van der Waals surface area contributed by atoms with E-state index in [1.807, 2.05) is 19.1 Å². The third-order valence-corrected chi connectivity index (χ3v) is 5.51. The van der Waals surface area contributed by atoms with E-state index in [9.17, 15) is 5.26 Å². The quantitative estimate of drug-likeness (QED) is 0.662. The number of fused-ring (bicyclic) bond motifs is 1. The number of benzene rings is 1. The lowest BCUT2D eigenvalue weighted by atomic mass is 9.88. The molecule has 1 aliphatic rings. The highest BCUT2D eigenvalue weighted by atomic mass is 32.2. The Balaban J connectivity index is 1.70. The minimum atomic E-state index is -0.431. The molecule has 1 atom stereocenters. The number of rotatable bonds is 4. The fraction of sp³-hybridized carbons (Fsp3) is 0.200. The van der Waals surface area contributed by atoms with Gasteiger partial charge in [0, 0.05) is 10.6 Å². The fourth-order valence-corrected chi connectivity index (χ4v) is 3.96. The first kappa shape index (κ1) is 17.3. The van der Waals surface area contributed by atoms with Crippen molar-refractivity contribution in [1.29, 1.82) is 5.26 Å². The topological polar surface area (TPSA) is 101 Å². The van der Waals surface area contributed by atoms with Gasteiger partial charge in [0.2, 0.25) is 11.8 Å². The second kappa shape index (κ2) is 6.89. The minimum Gasteiger partial charge on any atom is -0.465 e. The highest BCUT2D eigenvalue weighted by Crippen LogP contribution is 2.44. The molecule has 1 aromatic carbocycles. The molecule has 3 aromatic rings. The van der Waals surface area contributed by atoms with Crippen molar-refractivity contribution in [3.63, 3.8) is 0 Å². The van der Waals surface area contributed by atoms with Gasteiger partial charge in [0.25, 0.3) is 0 Å². The molecule has 0 bridgehead atoms. The maximum atomic E-state index is 9.64. The van der Waals surface area contributed by atoms with Gasteiger partial charge in [0.1, 0.15) is 23.2 Å². The maximum Gasteiger partial charge on any atom is 0.244 e. The van der Waals surface area contributed by atoms with Gasteiger partial charge >= 0.3 is 0 Å². The van der Waals surface area contributed by atoms with Gasteiger partial charge in [-0.25, -0.2) is 0 Å². The van der Waals surface area contributed by atoms with E-state index in [2.05, 4.69) is 47.5 Å². The summed E-state index contributed by atoms with van der Waals surface area (Å²) in [6, 6.07) is 14.2. The number of aromatic nitrogens is 2. The molecular weight excluding hydrogens is 360 g/mol. The summed E-state index contributed by atoms with van der Waals surface area (Å²) in [5.41, 5.74) is 9.20. The first-order valence-electron chi connectivity index (χ1n) is 8.47. The highest BCUT2D eigenvalue weighted by molar-refractivity contribution is 7.98. The predicted octanol–water partition coefficient (Wildman–Crippen LogP) is 4.13. The first-order valence-corrected chi connectivity index (χ1v) is 9.46. The summed E-state index contributed by atoms with van der Waals surface area (Å²) in [6.45, 7) is 3.93. The molecule has 0 unspecified atom stereocenters. The number of ether oxygens (including phenoxy) is 1. The van der Waals surface area contributed by atoms with E-state index in [1.165, 1.54) is 5.56 Å². The van der Waals surface area contributed by atoms with Gasteiger partial charge in [-0.15, -0.1) is 16.9 Å². The van der Waals surface area contributed by atoms with E-state index >= 15 is 0 Å². The van der Waals surface area contributed by atoms with Crippen LogP contribution in [0.25, 0.3) is 0 Å². The van der Waals surface area contributed by atoms with Gasteiger partial charge in [-0.1, -0.05) is 17.7 Å². The molecule has 3 heterocycles. The zero-order chi connectivity index (χ0) is 19.0. The van der Waals surface area contributed by atoms with Crippen LogP contribution in [0.3, 0.4) is 0 Å². The van der Waals surface area contributed by atoms with Gasteiger partial charge in [-0.05, 0) is 38.1 Å². The molecule has 0 fully saturated rings. The minimum absolute atomic E-state index is 0.0632. The van der Waals surface area contributed by atoms with Gasteiger partial charge in [-0.2, -0.15) is 5.26 Å². The summed E-state index contributed by atoms with van der Waals surface area (Å²) in [5.74, 6) is 2.11. The summed E-state index contributed by atoms with van der Waals surface area (Å²) in [7, 11) is 0. The van der Waals surface area contributed by atoms with Gasteiger partial charge in [-0.3, -0.25) is 5.10 Å². The van der Waals surface area contributed by atoms with Crippen LogP contribution in [0.5, 0.6) is 5.88 Å². The van der Waals surface area contributed by atoms with Crippen molar-refractivity contribution in [1.82, 2.24) is 10.2 Å². The number of nitriles is 1. The normalized spacial score (nSPS) is 16.0. The van der Waals surface area contributed by atoms with E-state index in [1.54, 1.807) is 11.8 Å². The third-order valence-electron chi connectivity index (χ3n) is 4.47. The lowest BCUT2D eigenvalue weighted by Crippen LogP contribution is -2.21. The molecule has 27 heavy (non-hydrogen) atoms. The smallest absolute Gasteiger partial charge is 0.244 e. The van der Waals surface area contributed by atoms with Crippen LogP contribution in [0.4, 0.5) is 0 Å². The molecule has 6 nitrogen and oxygen atoms in total. The fourth-order valence-electron chi connectivity index (χ4n) is 3.10. The Labute approximate surface area is 161 Å². The van der Waals surface area contributed by atoms with Crippen LogP contribution in [-0.4, -0.2) is 10.2 Å². The van der Waals surface area contributed by atoms with Gasteiger partial charge in [0.15, 0.2) is 0 Å². The van der Waals surface area contributed by atoms with Crippen molar-refractivity contribution in [2.75, 3.05) is 0 Å². The maximum absolute atomic E-state index is 9.64. The number of hydrogen-bond donors (Lipinski definition) is 2. The Morgan fingerprint density at radius 1 is 1.22 bits per heavy atom. The molecule has 0 aliphatic carbocycles. The predicted molar refractivity (Wildman–Crippen MR) is 102 cm³/mol. The number of H-pyrrole nitrogens is 1. The Hall–Kier alpha value is -3.11. The lowest BCUT2D eigenvalue weighted by molar-refractivity contribution is 0.369. The van der Waals surface area contributed by atoms with E-state index in [0.717, 1.165) is 21.9 Å². The second-order valence-electron chi connectivity index (χ2n) is 6.40. The number of hydrogen-bond acceptors (Lipinski definition) is 6. The van der Waals surface area contributed by atoms with Crippen molar-refractivity contribution in [2.45, 2.75) is 30.4 Å². The van der Waals surface area contributed by atoms with Crippen LogP contribution in [0, 0.1) is 25.2 Å². The van der Waals surface area contributed by atoms with Gasteiger partial charge in [0.05, 0.1) is 17.2 Å². The van der Waals surface area contributed by atoms with Crippen molar-refractivity contribution in [3.8, 4) is 11.9 Å². The van der Waals surface area contributed by atoms with Crippen LogP contribution in [0.15, 0.2) is 57.2 Å². The number of aryl methyl sites for hydroxylation is 2. The number of nitrogens with zero attached hydrogens (tertiary/aromatic N) is 2. The monoisotopic (exact) mass is 378 g/mol. The molecule has 2 aromatic heterocycles. The first-order chi connectivity index (χ1) is 13.1. The largest absolute Gasteiger partial charge is 0.465 e. The van der Waals surface area contributed by atoms with Crippen LogP contribution >= 0.6 is 11.8 Å². The number of nitrogens with one attached hydrogen (secondary N) is 1. The molecule has 0 amide bonds. The molecule has 0 spiro atoms. The average Bonchev–Trinajstić information content (AvgIpc) is 3.26. The SMILES string of the molecule is Cc1ccc(SCc2[nH]nc3c2[C@H](c2ccc(C)o2)C(C#N)=C(N)O3)cc1. The van der Waals surface area contributed by atoms with Crippen molar-refractivity contribution in [3.05, 3.63) is 76.2 Å². The number of thioether (sulfide) groups is 1. The summed E-state index contributed by atoms with van der Waals surface area (Å²) in [6.07, 6.45) is 0. The molecule has 7 heteroatoms. The van der Waals surface area contributed by atoms with Crippen LogP contribution in [-0.2, 0) is 5.75 Å². The van der Waals surface area contributed by atoms with E-state index in [-0.39, 0.29) is 5.88 Å². The molecule has 136 valence electrons. The van der Waals surface area contributed by atoms with E-state index < -0.39 is 5.92 Å². The summed E-state index contributed by atoms with van der Waals surface area (Å²) >= 11 is 1.68. The van der Waals surface area contributed by atoms with E-state index in [4.69, 9.17) is 14.9 Å². The number of allylic oxidation sites excluding steroid dienone is 1. The molecule has 0 radical (unpaired) electrons. The Morgan fingerprint density at radius 2 is 2.00 bits per heavy atom. The van der Waals surface area contributed by atoms with Crippen LogP contribution in [0.1, 0.15) is 34.3 Å². The second-order valence-corrected chi connectivity index (χ2v) is 7.44. The number of nitrogens with two attached hydrogens (primary N) is 1. The van der Waals surface area contributed by atoms with E-state index in [0.29, 0.717) is 23.0 Å². The van der Waals surface area contributed by atoms with Crippen molar-refractivity contribution < 1.29 is 9.15 Å². The Morgan fingerprint density at radius 3 is 2.67 bits per heavy atom. The molecule has 3 N–H and O–H groups in total. The van der Waals surface area contributed by atoms with Crippen LogP contribution in [0.2, 0.25) is 0 Å². The molecule has 1 aliphatic heterocycles. The lowest BCUT2D eigenvalue weighted by Gasteiger charge is -2.22.